The highest BCUT2D eigenvalue weighted by Gasteiger charge is 2.13. The van der Waals surface area contributed by atoms with Crippen molar-refractivity contribution in [2.75, 3.05) is 5.32 Å². The van der Waals surface area contributed by atoms with Gasteiger partial charge in [-0.2, -0.15) is 0 Å². The minimum Gasteiger partial charge on any atom is -0.473 e. The Kier molecular flexibility index (Phi) is 4.49. The van der Waals surface area contributed by atoms with Crippen molar-refractivity contribution < 1.29 is 17.6 Å². The van der Waals surface area contributed by atoms with Crippen molar-refractivity contribution in [2.24, 2.45) is 5.14 Å². The Bertz CT molecular complexity index is 710. The molecule has 0 aromatic carbocycles. The Morgan fingerprint density at radius 1 is 1.38 bits per heavy atom. The first-order valence-corrected chi connectivity index (χ1v) is 7.88. The molecule has 0 amide bonds. The quantitative estimate of drug-likeness (QED) is 0.841. The second kappa shape index (κ2) is 6.15. The fraction of sp³-hybridized carbons (Fsp3) is 0.308. The lowest BCUT2D eigenvalue weighted by molar-refractivity contribution is 0.234. The standard InChI is InChI=1S/C13H17N3O4S/c1-9(2)19-13-11(4-3-7-15-13)16-8-10-5-6-12(20-10)21(14,17)18/h3-7,9,16H,8H2,1-2H3,(H2,14,17,18). The van der Waals surface area contributed by atoms with Gasteiger partial charge in [-0.15, -0.1) is 0 Å². The van der Waals surface area contributed by atoms with Crippen LogP contribution in [0.15, 0.2) is 40.0 Å². The number of nitrogens with one attached hydrogen (secondary N) is 1. The fourth-order valence-corrected chi connectivity index (χ4v) is 2.11. The first kappa shape index (κ1) is 15.3. The third-order valence-electron chi connectivity index (χ3n) is 2.49. The number of hydrogen-bond acceptors (Lipinski definition) is 6. The summed E-state index contributed by atoms with van der Waals surface area (Å²) in [5.74, 6) is 0.920. The van der Waals surface area contributed by atoms with Crippen LogP contribution in [0.25, 0.3) is 0 Å². The van der Waals surface area contributed by atoms with Crippen LogP contribution in [0.3, 0.4) is 0 Å². The summed E-state index contributed by atoms with van der Waals surface area (Å²) in [6.45, 7) is 4.10. The van der Waals surface area contributed by atoms with Crippen LogP contribution in [-0.2, 0) is 16.6 Å². The highest BCUT2D eigenvalue weighted by molar-refractivity contribution is 7.89. The number of furan rings is 1. The van der Waals surface area contributed by atoms with Crippen LogP contribution < -0.4 is 15.2 Å². The van der Waals surface area contributed by atoms with E-state index < -0.39 is 10.0 Å². The number of anilines is 1. The van der Waals surface area contributed by atoms with Crippen molar-refractivity contribution in [2.45, 2.75) is 31.6 Å². The van der Waals surface area contributed by atoms with Gasteiger partial charge in [-0.05, 0) is 38.1 Å². The van der Waals surface area contributed by atoms with E-state index in [2.05, 4.69) is 10.3 Å². The summed E-state index contributed by atoms with van der Waals surface area (Å²) in [4.78, 5) is 4.14. The molecule has 0 aliphatic rings. The molecule has 0 bridgehead atoms. The summed E-state index contributed by atoms with van der Waals surface area (Å²) in [5.41, 5.74) is 0.694. The molecule has 0 saturated carbocycles. The number of sulfonamides is 1. The van der Waals surface area contributed by atoms with Gasteiger partial charge in [0.05, 0.1) is 18.3 Å². The number of aromatic nitrogens is 1. The van der Waals surface area contributed by atoms with Crippen LogP contribution in [-0.4, -0.2) is 19.5 Å². The van der Waals surface area contributed by atoms with Crippen LogP contribution in [0.1, 0.15) is 19.6 Å². The maximum Gasteiger partial charge on any atom is 0.271 e. The fourth-order valence-electron chi connectivity index (χ4n) is 1.63. The van der Waals surface area contributed by atoms with E-state index in [9.17, 15) is 8.42 Å². The Hall–Kier alpha value is -2.06. The molecule has 0 unspecified atom stereocenters. The average molecular weight is 311 g/mol. The van der Waals surface area contributed by atoms with Gasteiger partial charge in [0.1, 0.15) is 5.76 Å². The zero-order chi connectivity index (χ0) is 15.5. The lowest BCUT2D eigenvalue weighted by Gasteiger charge is -2.13. The molecule has 7 nitrogen and oxygen atoms in total. The van der Waals surface area contributed by atoms with E-state index in [4.69, 9.17) is 14.3 Å². The third kappa shape index (κ3) is 4.20. The number of primary sulfonamides is 1. The lowest BCUT2D eigenvalue weighted by atomic mass is 10.3. The molecule has 0 atom stereocenters. The number of hydrogen-bond donors (Lipinski definition) is 2. The van der Waals surface area contributed by atoms with Gasteiger partial charge >= 0.3 is 0 Å². The van der Waals surface area contributed by atoms with Gasteiger partial charge in [0.25, 0.3) is 10.0 Å². The molecule has 8 heteroatoms. The Morgan fingerprint density at radius 2 is 2.14 bits per heavy atom. The van der Waals surface area contributed by atoms with Crippen molar-refractivity contribution in [3.63, 3.8) is 0 Å². The maximum atomic E-state index is 11.1. The van der Waals surface area contributed by atoms with E-state index in [1.807, 2.05) is 19.9 Å². The van der Waals surface area contributed by atoms with E-state index in [0.717, 1.165) is 0 Å². The molecule has 0 aliphatic heterocycles. The van der Waals surface area contributed by atoms with Gasteiger partial charge in [-0.3, -0.25) is 0 Å². The van der Waals surface area contributed by atoms with Crippen LogP contribution in [0.4, 0.5) is 5.69 Å². The van der Waals surface area contributed by atoms with Crippen LogP contribution >= 0.6 is 0 Å². The Morgan fingerprint density at radius 3 is 2.76 bits per heavy atom. The average Bonchev–Trinajstić information content (AvgIpc) is 2.86. The number of pyridine rings is 1. The predicted octanol–water partition coefficient (Wildman–Crippen LogP) is 1.72. The molecule has 21 heavy (non-hydrogen) atoms. The molecule has 2 rings (SSSR count). The number of nitrogens with two attached hydrogens (primary N) is 1. The number of rotatable bonds is 6. The largest absolute Gasteiger partial charge is 0.473 e. The van der Waals surface area contributed by atoms with E-state index >= 15 is 0 Å². The van der Waals surface area contributed by atoms with Crippen molar-refractivity contribution >= 4 is 15.7 Å². The summed E-state index contributed by atoms with van der Waals surface area (Å²) in [7, 11) is -3.82. The summed E-state index contributed by atoms with van der Waals surface area (Å²) < 4.78 is 33.0. The van der Waals surface area contributed by atoms with Crippen LogP contribution in [0.2, 0.25) is 0 Å². The molecule has 2 aromatic heterocycles. The zero-order valence-electron chi connectivity index (χ0n) is 11.7. The zero-order valence-corrected chi connectivity index (χ0v) is 12.6. The van der Waals surface area contributed by atoms with Gasteiger partial charge < -0.3 is 14.5 Å². The van der Waals surface area contributed by atoms with E-state index in [1.54, 1.807) is 18.3 Å². The van der Waals surface area contributed by atoms with Gasteiger partial charge in [-0.1, -0.05) is 0 Å². The highest BCUT2D eigenvalue weighted by atomic mass is 32.2. The predicted molar refractivity (Wildman–Crippen MR) is 77.4 cm³/mol. The minimum atomic E-state index is -3.82. The first-order valence-electron chi connectivity index (χ1n) is 6.33. The Balaban J connectivity index is 2.08. The maximum absolute atomic E-state index is 11.1. The SMILES string of the molecule is CC(C)Oc1ncccc1NCc1ccc(S(N)(=O)=O)o1. The smallest absolute Gasteiger partial charge is 0.271 e. The Labute approximate surface area is 123 Å². The highest BCUT2D eigenvalue weighted by Crippen LogP contribution is 2.23. The summed E-state index contributed by atoms with van der Waals surface area (Å²) in [6.07, 6.45) is 1.63. The normalized spacial score (nSPS) is 11.6. The molecule has 0 fully saturated rings. The first-order chi connectivity index (χ1) is 9.86. The molecule has 114 valence electrons. The van der Waals surface area contributed by atoms with Crippen molar-refractivity contribution in [3.8, 4) is 5.88 Å². The molecule has 3 N–H and O–H groups in total. The molecule has 0 saturated heterocycles. The van der Waals surface area contributed by atoms with Crippen LogP contribution in [0.5, 0.6) is 5.88 Å². The lowest BCUT2D eigenvalue weighted by Crippen LogP contribution is -2.11. The van der Waals surface area contributed by atoms with Gasteiger partial charge in [-0.25, -0.2) is 18.5 Å². The summed E-state index contributed by atoms with van der Waals surface area (Å²) in [5, 5.41) is 7.81. The molecular formula is C13H17N3O4S. The second-order valence-corrected chi connectivity index (χ2v) is 6.13. The molecule has 2 aromatic rings. The second-order valence-electron chi connectivity index (χ2n) is 4.64. The van der Waals surface area contributed by atoms with E-state index in [-0.39, 0.29) is 17.7 Å². The van der Waals surface area contributed by atoms with Gasteiger partial charge in [0.15, 0.2) is 0 Å². The molecular weight excluding hydrogens is 294 g/mol. The monoisotopic (exact) mass is 311 g/mol. The van der Waals surface area contributed by atoms with Crippen LogP contribution in [0, 0.1) is 0 Å². The van der Waals surface area contributed by atoms with E-state index in [1.165, 1.54) is 6.07 Å². The summed E-state index contributed by atoms with van der Waals surface area (Å²) >= 11 is 0. The minimum absolute atomic E-state index is 0.00181. The van der Waals surface area contributed by atoms with Crippen molar-refractivity contribution in [1.82, 2.24) is 4.98 Å². The number of ether oxygens (including phenoxy) is 1. The topological polar surface area (TPSA) is 107 Å². The van der Waals surface area contributed by atoms with Crippen molar-refractivity contribution in [3.05, 3.63) is 36.2 Å². The van der Waals surface area contributed by atoms with Gasteiger partial charge in [0.2, 0.25) is 11.0 Å². The number of nitrogens with zero attached hydrogens (tertiary/aromatic N) is 1. The van der Waals surface area contributed by atoms with Gasteiger partial charge in [0, 0.05) is 6.20 Å². The molecule has 0 radical (unpaired) electrons. The molecule has 0 aliphatic carbocycles. The molecule has 2 heterocycles. The summed E-state index contributed by atoms with van der Waals surface area (Å²) in [6, 6.07) is 6.45. The van der Waals surface area contributed by atoms with E-state index in [0.29, 0.717) is 17.3 Å². The van der Waals surface area contributed by atoms with Crippen molar-refractivity contribution in [1.29, 1.82) is 0 Å². The third-order valence-corrected chi connectivity index (χ3v) is 3.27. The molecule has 0 spiro atoms.